The molecule has 1 aliphatic rings. The van der Waals surface area contributed by atoms with Crippen molar-refractivity contribution in [2.75, 3.05) is 11.5 Å². The van der Waals surface area contributed by atoms with Gasteiger partial charge in [-0.25, -0.2) is 0 Å². The van der Waals surface area contributed by atoms with Crippen molar-refractivity contribution in [3.63, 3.8) is 0 Å². The van der Waals surface area contributed by atoms with Crippen LogP contribution >= 0.6 is 11.8 Å². The molecule has 2 rings (SSSR count). The number of hydrogen-bond donors (Lipinski definition) is 1. The quantitative estimate of drug-likeness (QED) is 0.591. The average Bonchev–Trinajstić information content (AvgIpc) is 2.71. The standard InChI is InChI=1S/C18H23BF3NO3S/c1-11(24)27-10-14(19-25-16(2,3)17(4,5)26-19)8-12-6-7-13(9-15(12)23)18(20,21)22/h6-9H,10,23H2,1-5H3. The fraction of sp³-hybridized carbons (Fsp3) is 0.500. The molecular weight excluding hydrogens is 378 g/mol. The van der Waals surface area contributed by atoms with Gasteiger partial charge in [-0.3, -0.25) is 4.79 Å². The van der Waals surface area contributed by atoms with Gasteiger partial charge in [0.1, 0.15) is 0 Å². The summed E-state index contributed by atoms with van der Waals surface area (Å²) in [6.07, 6.45) is -2.83. The van der Waals surface area contributed by atoms with Crippen molar-refractivity contribution in [3.8, 4) is 0 Å². The van der Waals surface area contributed by atoms with Crippen molar-refractivity contribution in [1.82, 2.24) is 0 Å². The number of thioether (sulfide) groups is 1. The molecule has 0 aromatic heterocycles. The molecule has 0 aliphatic carbocycles. The Morgan fingerprint density at radius 1 is 1.22 bits per heavy atom. The van der Waals surface area contributed by atoms with Crippen LogP contribution in [0, 0.1) is 0 Å². The highest BCUT2D eigenvalue weighted by molar-refractivity contribution is 8.13. The lowest BCUT2D eigenvalue weighted by molar-refractivity contribution is -0.137. The monoisotopic (exact) mass is 401 g/mol. The van der Waals surface area contributed by atoms with Crippen LogP contribution in [0.4, 0.5) is 18.9 Å². The predicted octanol–water partition coefficient (Wildman–Crippen LogP) is 4.58. The Morgan fingerprint density at radius 2 is 1.78 bits per heavy atom. The summed E-state index contributed by atoms with van der Waals surface area (Å²) in [7, 11) is -0.719. The molecule has 1 fully saturated rings. The van der Waals surface area contributed by atoms with Crippen LogP contribution in [0.1, 0.15) is 45.7 Å². The van der Waals surface area contributed by atoms with Crippen molar-refractivity contribution in [3.05, 3.63) is 34.8 Å². The van der Waals surface area contributed by atoms with Crippen molar-refractivity contribution < 1.29 is 27.3 Å². The van der Waals surface area contributed by atoms with Gasteiger partial charge in [-0.2, -0.15) is 13.2 Å². The molecule has 0 spiro atoms. The van der Waals surface area contributed by atoms with Crippen LogP contribution in [0.2, 0.25) is 0 Å². The summed E-state index contributed by atoms with van der Waals surface area (Å²) in [6, 6.07) is 3.18. The van der Waals surface area contributed by atoms with Gasteiger partial charge in [0.2, 0.25) is 0 Å². The molecule has 27 heavy (non-hydrogen) atoms. The minimum atomic E-state index is -4.46. The summed E-state index contributed by atoms with van der Waals surface area (Å²) >= 11 is 1.07. The van der Waals surface area contributed by atoms with Crippen LogP contribution in [0.5, 0.6) is 0 Å². The molecule has 9 heteroatoms. The minimum absolute atomic E-state index is 0.00772. The summed E-state index contributed by atoms with van der Waals surface area (Å²) in [4.78, 5) is 11.4. The molecule has 1 aromatic carbocycles. The predicted molar refractivity (Wildman–Crippen MR) is 103 cm³/mol. The second kappa shape index (κ2) is 7.52. The Hall–Kier alpha value is -1.45. The SMILES string of the molecule is CC(=O)SCC(=Cc1ccc(C(F)(F)F)cc1N)B1OC(C)(C)C(C)(C)O1. The molecule has 1 aliphatic heterocycles. The van der Waals surface area contributed by atoms with Gasteiger partial charge in [-0.1, -0.05) is 23.9 Å². The van der Waals surface area contributed by atoms with E-state index in [9.17, 15) is 18.0 Å². The molecule has 2 N–H and O–H groups in total. The van der Waals surface area contributed by atoms with Crippen molar-refractivity contribution >= 4 is 35.8 Å². The minimum Gasteiger partial charge on any atom is -0.400 e. The number of halogens is 3. The normalized spacial score (nSPS) is 19.4. The summed E-state index contributed by atoms with van der Waals surface area (Å²) < 4.78 is 50.5. The zero-order valence-corrected chi connectivity index (χ0v) is 16.8. The van der Waals surface area contributed by atoms with Crippen LogP contribution in [-0.4, -0.2) is 29.2 Å². The molecule has 4 nitrogen and oxygen atoms in total. The van der Waals surface area contributed by atoms with Crippen LogP contribution in [-0.2, 0) is 20.3 Å². The highest BCUT2D eigenvalue weighted by Gasteiger charge is 2.52. The summed E-state index contributed by atoms with van der Waals surface area (Å²) in [6.45, 7) is 9.04. The van der Waals surface area contributed by atoms with Gasteiger partial charge in [0.05, 0.1) is 16.8 Å². The Morgan fingerprint density at radius 3 is 2.22 bits per heavy atom. The molecule has 1 saturated heterocycles. The van der Waals surface area contributed by atoms with Gasteiger partial charge in [0, 0.05) is 18.4 Å². The lowest BCUT2D eigenvalue weighted by Crippen LogP contribution is -2.41. The Kier molecular flexibility index (Phi) is 6.09. The maximum absolute atomic E-state index is 12.8. The molecule has 0 bridgehead atoms. The zero-order chi connectivity index (χ0) is 20.6. The maximum Gasteiger partial charge on any atom is 0.491 e. The third-order valence-corrected chi connectivity index (χ3v) is 5.64. The number of anilines is 1. The molecule has 1 heterocycles. The number of hydrogen-bond acceptors (Lipinski definition) is 5. The molecule has 0 amide bonds. The number of carbonyl (C=O) groups is 1. The fourth-order valence-electron chi connectivity index (χ4n) is 2.44. The Balaban J connectivity index is 2.39. The van der Waals surface area contributed by atoms with E-state index in [2.05, 4.69) is 0 Å². The second-order valence-electron chi connectivity index (χ2n) is 7.43. The number of benzene rings is 1. The summed E-state index contributed by atoms with van der Waals surface area (Å²) in [5.74, 6) is 0.284. The second-order valence-corrected chi connectivity index (χ2v) is 8.58. The smallest absolute Gasteiger partial charge is 0.400 e. The first-order valence-electron chi connectivity index (χ1n) is 8.39. The Bertz CT molecular complexity index is 747. The van der Waals surface area contributed by atoms with E-state index in [1.807, 2.05) is 27.7 Å². The number of carbonyl (C=O) groups excluding carboxylic acids is 1. The van der Waals surface area contributed by atoms with Crippen LogP contribution < -0.4 is 5.73 Å². The van der Waals surface area contributed by atoms with E-state index in [0.29, 0.717) is 11.0 Å². The average molecular weight is 401 g/mol. The molecular formula is C18H23BF3NO3S. The van der Waals surface area contributed by atoms with Crippen LogP contribution in [0.3, 0.4) is 0 Å². The maximum atomic E-state index is 12.8. The highest BCUT2D eigenvalue weighted by Crippen LogP contribution is 2.40. The first-order chi connectivity index (χ1) is 12.2. The molecule has 0 radical (unpaired) electrons. The summed E-state index contributed by atoms with van der Waals surface area (Å²) in [5.41, 5.74) is 4.89. The number of nitrogen functional groups attached to an aromatic ring is 1. The lowest BCUT2D eigenvalue weighted by Gasteiger charge is -2.32. The van der Waals surface area contributed by atoms with Gasteiger partial charge in [0.15, 0.2) is 5.12 Å². The molecule has 0 atom stereocenters. The highest BCUT2D eigenvalue weighted by atomic mass is 32.2. The van der Waals surface area contributed by atoms with Gasteiger partial charge in [0.25, 0.3) is 0 Å². The molecule has 0 unspecified atom stereocenters. The van der Waals surface area contributed by atoms with Gasteiger partial charge in [-0.05, 0) is 50.9 Å². The van der Waals surface area contributed by atoms with Gasteiger partial charge in [-0.15, -0.1) is 0 Å². The van der Waals surface area contributed by atoms with E-state index < -0.39 is 30.1 Å². The van der Waals surface area contributed by atoms with E-state index in [1.54, 1.807) is 6.08 Å². The van der Waals surface area contributed by atoms with Crippen LogP contribution in [0.25, 0.3) is 6.08 Å². The largest absolute Gasteiger partial charge is 0.491 e. The lowest BCUT2D eigenvalue weighted by atomic mass is 9.78. The number of rotatable bonds is 4. The number of alkyl halides is 3. The molecule has 0 saturated carbocycles. The van der Waals surface area contributed by atoms with Crippen molar-refractivity contribution in [2.24, 2.45) is 0 Å². The Labute approximate surface area is 161 Å². The third kappa shape index (κ3) is 5.09. The first kappa shape index (κ1) is 21.9. The van der Waals surface area contributed by atoms with Crippen LogP contribution in [0.15, 0.2) is 23.7 Å². The zero-order valence-electron chi connectivity index (χ0n) is 15.9. The van der Waals surface area contributed by atoms with Gasteiger partial charge >= 0.3 is 13.3 Å². The van der Waals surface area contributed by atoms with Crippen molar-refractivity contribution in [1.29, 1.82) is 0 Å². The van der Waals surface area contributed by atoms with E-state index in [0.717, 1.165) is 23.9 Å². The van der Waals surface area contributed by atoms with E-state index >= 15 is 0 Å². The molecule has 1 aromatic rings. The summed E-state index contributed by atoms with van der Waals surface area (Å²) in [5, 5.41) is -0.0854. The fourth-order valence-corrected chi connectivity index (χ4v) is 3.03. The molecule has 148 valence electrons. The van der Waals surface area contributed by atoms with Crippen molar-refractivity contribution in [2.45, 2.75) is 52.0 Å². The first-order valence-corrected chi connectivity index (χ1v) is 9.38. The number of nitrogens with two attached hydrogens (primary N) is 1. The van der Waals surface area contributed by atoms with Gasteiger partial charge < -0.3 is 15.0 Å². The van der Waals surface area contributed by atoms with E-state index in [1.165, 1.54) is 13.0 Å². The topological polar surface area (TPSA) is 61.6 Å². The van der Waals surface area contributed by atoms with E-state index in [-0.39, 0.29) is 16.6 Å². The third-order valence-electron chi connectivity index (χ3n) is 4.75. The van der Waals surface area contributed by atoms with E-state index in [4.69, 9.17) is 15.0 Å².